The summed E-state index contributed by atoms with van der Waals surface area (Å²) in [5, 5.41) is 4.74. The third-order valence-electron chi connectivity index (χ3n) is 4.40. The summed E-state index contributed by atoms with van der Waals surface area (Å²) in [5.41, 5.74) is 2.46. The number of hydrogen-bond acceptors (Lipinski definition) is 4. The van der Waals surface area contributed by atoms with E-state index in [2.05, 4.69) is 36.2 Å². The maximum absolute atomic E-state index is 5.58. The highest BCUT2D eigenvalue weighted by atomic mass is 32.1. The molecule has 0 saturated carbocycles. The predicted molar refractivity (Wildman–Crippen MR) is 110 cm³/mol. The van der Waals surface area contributed by atoms with Crippen molar-refractivity contribution in [1.82, 2.24) is 19.2 Å². The molecule has 0 spiro atoms. The molecule has 1 aromatic heterocycles. The van der Waals surface area contributed by atoms with Crippen LogP contribution in [0.3, 0.4) is 0 Å². The lowest BCUT2D eigenvalue weighted by atomic mass is 10.1. The zero-order valence-electron chi connectivity index (χ0n) is 16.1. The Morgan fingerprint density at radius 2 is 1.74 bits per heavy atom. The van der Waals surface area contributed by atoms with Crippen LogP contribution in [0.4, 0.5) is 0 Å². The van der Waals surface area contributed by atoms with Gasteiger partial charge >= 0.3 is 0 Å². The van der Waals surface area contributed by atoms with E-state index in [4.69, 9.17) is 22.1 Å². The van der Waals surface area contributed by atoms with Crippen LogP contribution in [0, 0.1) is 4.77 Å². The van der Waals surface area contributed by atoms with Crippen molar-refractivity contribution in [2.75, 3.05) is 13.7 Å². The second-order valence-corrected chi connectivity index (χ2v) is 7.02. The van der Waals surface area contributed by atoms with Crippen molar-refractivity contribution in [2.45, 2.75) is 26.6 Å². The second-order valence-electron chi connectivity index (χ2n) is 6.65. The van der Waals surface area contributed by atoms with Crippen molar-refractivity contribution in [3.05, 3.63) is 76.3 Å². The van der Waals surface area contributed by atoms with Gasteiger partial charge in [0, 0.05) is 20.0 Å². The summed E-state index contributed by atoms with van der Waals surface area (Å²) in [6, 6.07) is 18.6. The van der Waals surface area contributed by atoms with Crippen molar-refractivity contribution in [3.8, 4) is 5.75 Å². The summed E-state index contributed by atoms with van der Waals surface area (Å²) in [4.78, 5) is 2.20. The number of ether oxygens (including phenoxy) is 1. The van der Waals surface area contributed by atoms with E-state index in [1.54, 1.807) is 0 Å². The minimum Gasteiger partial charge on any atom is -0.494 e. The van der Waals surface area contributed by atoms with Crippen molar-refractivity contribution in [2.24, 2.45) is 7.05 Å². The molecule has 27 heavy (non-hydrogen) atoms. The first kappa shape index (κ1) is 19.3. The Kier molecular flexibility index (Phi) is 6.42. The smallest absolute Gasteiger partial charge is 0.198 e. The van der Waals surface area contributed by atoms with Gasteiger partial charge in [0.1, 0.15) is 11.6 Å². The number of benzene rings is 2. The van der Waals surface area contributed by atoms with Gasteiger partial charge in [-0.3, -0.25) is 4.90 Å². The van der Waals surface area contributed by atoms with E-state index >= 15 is 0 Å². The molecular formula is C21H26N4OS. The molecule has 5 nitrogen and oxygen atoms in total. The van der Waals surface area contributed by atoms with Gasteiger partial charge in [0.25, 0.3) is 0 Å². The van der Waals surface area contributed by atoms with Crippen LogP contribution in [0.1, 0.15) is 23.9 Å². The molecule has 3 aromatic rings. The molecule has 0 radical (unpaired) electrons. The fraction of sp³-hybridized carbons (Fsp3) is 0.333. The van der Waals surface area contributed by atoms with Gasteiger partial charge in [-0.15, -0.1) is 0 Å². The largest absolute Gasteiger partial charge is 0.494 e. The Balaban J connectivity index is 1.66. The highest BCUT2D eigenvalue weighted by Gasteiger charge is 2.10. The van der Waals surface area contributed by atoms with Crippen LogP contribution in [-0.2, 0) is 26.7 Å². The molecular weight excluding hydrogens is 356 g/mol. The van der Waals surface area contributed by atoms with Crippen molar-refractivity contribution in [1.29, 1.82) is 0 Å². The molecule has 3 rings (SSSR count). The molecule has 0 amide bonds. The zero-order valence-corrected chi connectivity index (χ0v) is 16.9. The van der Waals surface area contributed by atoms with E-state index in [1.807, 2.05) is 53.6 Å². The van der Waals surface area contributed by atoms with Crippen LogP contribution >= 0.6 is 12.2 Å². The van der Waals surface area contributed by atoms with Gasteiger partial charge < -0.3 is 9.30 Å². The Morgan fingerprint density at radius 1 is 1.04 bits per heavy atom. The Hall–Kier alpha value is -2.44. The van der Waals surface area contributed by atoms with E-state index in [0.29, 0.717) is 13.3 Å². The second kappa shape index (κ2) is 8.97. The van der Waals surface area contributed by atoms with Crippen molar-refractivity contribution >= 4 is 12.2 Å². The topological polar surface area (TPSA) is 35.2 Å². The number of rotatable bonds is 8. The van der Waals surface area contributed by atoms with Crippen LogP contribution in [0.2, 0.25) is 0 Å². The molecule has 6 heteroatoms. The number of aromatic nitrogens is 3. The minimum atomic E-state index is 0.647. The van der Waals surface area contributed by atoms with Crippen LogP contribution in [0.5, 0.6) is 5.75 Å². The van der Waals surface area contributed by atoms with E-state index in [9.17, 15) is 0 Å². The molecule has 0 unspecified atom stereocenters. The first-order valence-corrected chi connectivity index (χ1v) is 9.54. The maximum atomic E-state index is 5.58. The summed E-state index contributed by atoms with van der Waals surface area (Å²) in [6.45, 7) is 4.14. The van der Waals surface area contributed by atoms with Gasteiger partial charge in [0.05, 0.1) is 13.3 Å². The molecule has 0 bridgehead atoms. The SMILES string of the molecule is CCOc1ccc(CN(C)Cn2nc(Cc3ccccc3)n(C)c2=S)cc1. The normalized spacial score (nSPS) is 11.1. The molecule has 142 valence electrons. The average Bonchev–Trinajstić information content (AvgIpc) is 2.92. The van der Waals surface area contributed by atoms with Crippen LogP contribution in [-0.4, -0.2) is 32.9 Å². The predicted octanol–water partition coefficient (Wildman–Crippen LogP) is 4.03. The van der Waals surface area contributed by atoms with E-state index < -0.39 is 0 Å². The fourth-order valence-electron chi connectivity index (χ4n) is 3.01. The lowest BCUT2D eigenvalue weighted by Gasteiger charge is -2.16. The lowest BCUT2D eigenvalue weighted by Crippen LogP contribution is -2.22. The van der Waals surface area contributed by atoms with Gasteiger partial charge in [0.15, 0.2) is 4.77 Å². The Bertz CT molecular complexity index is 916. The molecule has 0 saturated heterocycles. The van der Waals surface area contributed by atoms with Crippen LogP contribution in [0.15, 0.2) is 54.6 Å². The van der Waals surface area contributed by atoms with Gasteiger partial charge in [-0.05, 0) is 49.4 Å². The van der Waals surface area contributed by atoms with E-state index in [-0.39, 0.29) is 0 Å². The third kappa shape index (κ3) is 5.05. The average molecular weight is 383 g/mol. The first-order chi connectivity index (χ1) is 13.1. The highest BCUT2D eigenvalue weighted by molar-refractivity contribution is 7.71. The quantitative estimate of drug-likeness (QED) is 0.551. The monoisotopic (exact) mass is 382 g/mol. The summed E-state index contributed by atoms with van der Waals surface area (Å²) in [5.74, 6) is 1.88. The van der Waals surface area contributed by atoms with Gasteiger partial charge in [-0.2, -0.15) is 5.10 Å². The highest BCUT2D eigenvalue weighted by Crippen LogP contribution is 2.14. The van der Waals surface area contributed by atoms with Crippen LogP contribution < -0.4 is 4.74 Å². The van der Waals surface area contributed by atoms with Gasteiger partial charge in [-0.1, -0.05) is 42.5 Å². The maximum Gasteiger partial charge on any atom is 0.198 e. The standard InChI is InChI=1S/C21H26N4OS/c1-4-26-19-12-10-18(11-13-19)15-23(2)16-25-21(27)24(3)20(22-25)14-17-8-6-5-7-9-17/h5-13H,4,14-16H2,1-3H3. The first-order valence-electron chi connectivity index (χ1n) is 9.13. The molecule has 1 heterocycles. The van der Waals surface area contributed by atoms with Gasteiger partial charge in [-0.25, -0.2) is 4.68 Å². The molecule has 0 fully saturated rings. The lowest BCUT2D eigenvalue weighted by molar-refractivity contribution is 0.243. The number of nitrogens with zero attached hydrogens (tertiary/aromatic N) is 4. The fourth-order valence-corrected chi connectivity index (χ4v) is 3.21. The van der Waals surface area contributed by atoms with Gasteiger partial charge in [0.2, 0.25) is 0 Å². The number of hydrogen-bond donors (Lipinski definition) is 0. The molecule has 0 aliphatic carbocycles. The van der Waals surface area contributed by atoms with E-state index in [1.165, 1.54) is 11.1 Å². The molecule has 0 aliphatic heterocycles. The Labute approximate surface area is 165 Å². The van der Waals surface area contributed by atoms with Crippen LogP contribution in [0.25, 0.3) is 0 Å². The molecule has 0 atom stereocenters. The van der Waals surface area contributed by atoms with E-state index in [0.717, 1.165) is 29.3 Å². The summed E-state index contributed by atoms with van der Waals surface area (Å²) >= 11 is 5.58. The Morgan fingerprint density at radius 3 is 2.41 bits per heavy atom. The third-order valence-corrected chi connectivity index (χ3v) is 4.88. The molecule has 2 aromatic carbocycles. The summed E-state index contributed by atoms with van der Waals surface area (Å²) < 4.78 is 10.1. The van der Waals surface area contributed by atoms with Crippen molar-refractivity contribution < 1.29 is 4.74 Å². The summed E-state index contributed by atoms with van der Waals surface area (Å²) in [6.07, 6.45) is 0.774. The molecule has 0 aliphatic rings. The summed E-state index contributed by atoms with van der Waals surface area (Å²) in [7, 11) is 4.06. The zero-order chi connectivity index (χ0) is 19.2. The minimum absolute atomic E-state index is 0.647. The van der Waals surface area contributed by atoms with Crippen molar-refractivity contribution in [3.63, 3.8) is 0 Å². The molecule has 0 N–H and O–H groups in total.